The number of nitrogens with zero attached hydrogens (tertiary/aromatic N) is 1. The van der Waals surface area contributed by atoms with Crippen LogP contribution in [0, 0.1) is 10.8 Å². The van der Waals surface area contributed by atoms with Gasteiger partial charge in [-0.25, -0.2) is 4.79 Å². The first-order valence-electron chi connectivity index (χ1n) is 10.0. The van der Waals surface area contributed by atoms with Crippen LogP contribution in [0.4, 0.5) is 0 Å². The van der Waals surface area contributed by atoms with Crippen molar-refractivity contribution >= 4 is 22.9 Å². The molecule has 0 amide bonds. The summed E-state index contributed by atoms with van der Waals surface area (Å²) < 4.78 is 13.1. The summed E-state index contributed by atoms with van der Waals surface area (Å²) in [7, 11) is 1.98. The zero-order valence-corrected chi connectivity index (χ0v) is 18.3. The van der Waals surface area contributed by atoms with Gasteiger partial charge in [-0.05, 0) is 30.5 Å². The Bertz CT molecular complexity index is 889. The third-order valence-electron chi connectivity index (χ3n) is 5.85. The van der Waals surface area contributed by atoms with Gasteiger partial charge in [0.15, 0.2) is 0 Å². The summed E-state index contributed by atoms with van der Waals surface area (Å²) in [6.07, 6.45) is 6.00. The van der Waals surface area contributed by atoms with Crippen LogP contribution in [0.1, 0.15) is 39.7 Å². The number of nitrogens with two attached hydrogens (primary N) is 1. The summed E-state index contributed by atoms with van der Waals surface area (Å²) in [6, 6.07) is 8.06. The van der Waals surface area contributed by atoms with Gasteiger partial charge in [0.25, 0.3) is 0 Å². The normalized spacial score (nSPS) is 14.1. The number of esters is 1. The smallest absolute Gasteiger partial charge is 0.330 e. The monoisotopic (exact) mass is 398 g/mol. The number of hydrogen-bond donors (Lipinski definition) is 1. The molecule has 0 saturated carbocycles. The maximum absolute atomic E-state index is 12.1. The molecule has 2 N–H and O–H groups in total. The van der Waals surface area contributed by atoms with E-state index in [1.807, 2.05) is 42.1 Å². The van der Waals surface area contributed by atoms with E-state index in [1.165, 1.54) is 6.08 Å². The first-order valence-corrected chi connectivity index (χ1v) is 10.0. The molecule has 0 aliphatic carbocycles. The Kier molecular flexibility index (Phi) is 7.31. The molecular weight excluding hydrogens is 364 g/mol. The highest BCUT2D eigenvalue weighted by molar-refractivity contribution is 5.94. The van der Waals surface area contributed by atoms with Crippen molar-refractivity contribution in [2.45, 2.75) is 34.1 Å². The van der Waals surface area contributed by atoms with E-state index in [0.29, 0.717) is 12.3 Å². The molecule has 0 radical (unpaired) electrons. The molecule has 1 aromatic heterocycles. The molecule has 5 nitrogen and oxygen atoms in total. The standard InChI is InChI=1S/C24H34N2O3/c1-18(24(5,13-14-25)23(2,3)4)28-15-16-29-22(27)12-11-19-17-26(6)21-10-8-7-9-20(19)21/h7-12,17H,1,13-16,25H2,2-6H3/b12-11+. The number of ether oxygens (including phenoxy) is 2. The van der Waals surface area contributed by atoms with Crippen molar-refractivity contribution in [2.75, 3.05) is 19.8 Å². The third-order valence-corrected chi connectivity index (χ3v) is 5.85. The Morgan fingerprint density at radius 3 is 2.48 bits per heavy atom. The van der Waals surface area contributed by atoms with Gasteiger partial charge in [-0.3, -0.25) is 0 Å². The first-order chi connectivity index (χ1) is 13.6. The van der Waals surface area contributed by atoms with E-state index in [2.05, 4.69) is 34.3 Å². The van der Waals surface area contributed by atoms with Crippen molar-refractivity contribution in [3.63, 3.8) is 0 Å². The number of aromatic nitrogens is 1. The maximum Gasteiger partial charge on any atom is 0.330 e. The van der Waals surface area contributed by atoms with Gasteiger partial charge in [0.2, 0.25) is 0 Å². The van der Waals surface area contributed by atoms with E-state index in [4.69, 9.17) is 15.2 Å². The number of para-hydroxylation sites is 1. The van der Waals surface area contributed by atoms with Gasteiger partial charge in [0.1, 0.15) is 13.2 Å². The number of carbonyl (C=O) groups excluding carboxylic acids is 1. The van der Waals surface area contributed by atoms with Crippen LogP contribution in [0.2, 0.25) is 0 Å². The summed E-state index contributed by atoms with van der Waals surface area (Å²) >= 11 is 0. The third kappa shape index (κ3) is 5.30. The fraction of sp³-hybridized carbons (Fsp3) is 0.458. The molecule has 1 heterocycles. The molecule has 0 bridgehead atoms. The summed E-state index contributed by atoms with van der Waals surface area (Å²) in [5.74, 6) is 0.283. The number of rotatable bonds is 9. The van der Waals surface area contributed by atoms with Crippen molar-refractivity contribution in [3.8, 4) is 0 Å². The highest BCUT2D eigenvalue weighted by Gasteiger charge is 2.40. The Hall–Kier alpha value is -2.53. The molecule has 0 spiro atoms. The van der Waals surface area contributed by atoms with E-state index in [9.17, 15) is 4.79 Å². The average Bonchev–Trinajstić information content (AvgIpc) is 2.99. The molecule has 2 rings (SSSR count). The second kappa shape index (κ2) is 9.31. The minimum Gasteiger partial charge on any atom is -0.494 e. The molecule has 0 aliphatic rings. The van der Waals surface area contributed by atoms with E-state index < -0.39 is 5.97 Å². The molecule has 2 aromatic rings. The number of fused-ring (bicyclic) bond motifs is 1. The van der Waals surface area contributed by atoms with Gasteiger partial charge in [-0.15, -0.1) is 0 Å². The molecular formula is C24H34N2O3. The fourth-order valence-corrected chi connectivity index (χ4v) is 3.40. The lowest BCUT2D eigenvalue weighted by molar-refractivity contribution is -0.139. The Morgan fingerprint density at radius 1 is 1.17 bits per heavy atom. The minimum atomic E-state index is -0.396. The van der Waals surface area contributed by atoms with Crippen LogP contribution in [-0.4, -0.2) is 30.3 Å². The summed E-state index contributed by atoms with van der Waals surface area (Å²) in [5, 5.41) is 1.10. The highest BCUT2D eigenvalue weighted by Crippen LogP contribution is 2.46. The Labute approximate surface area is 174 Å². The van der Waals surface area contributed by atoms with Gasteiger partial charge in [-0.2, -0.15) is 0 Å². The SMILES string of the molecule is C=C(OCCOC(=O)/C=C/c1cn(C)c2ccccc12)C(C)(CCN)C(C)(C)C. The molecule has 29 heavy (non-hydrogen) atoms. The van der Waals surface area contributed by atoms with E-state index in [1.54, 1.807) is 6.08 Å². The van der Waals surface area contributed by atoms with Crippen LogP contribution in [0.15, 0.2) is 48.9 Å². The van der Waals surface area contributed by atoms with Crippen molar-refractivity contribution in [3.05, 3.63) is 54.4 Å². The molecule has 1 aromatic carbocycles. The quantitative estimate of drug-likeness (QED) is 0.289. The zero-order chi connectivity index (χ0) is 21.7. The van der Waals surface area contributed by atoms with Crippen LogP contribution >= 0.6 is 0 Å². The zero-order valence-electron chi connectivity index (χ0n) is 18.3. The Morgan fingerprint density at radius 2 is 1.83 bits per heavy atom. The largest absolute Gasteiger partial charge is 0.494 e. The lowest BCUT2D eigenvalue weighted by atomic mass is 9.65. The van der Waals surface area contributed by atoms with E-state index in [-0.39, 0.29) is 24.0 Å². The minimum absolute atomic E-state index is 0.0404. The van der Waals surface area contributed by atoms with Crippen LogP contribution in [-0.2, 0) is 21.3 Å². The second-order valence-corrected chi connectivity index (χ2v) is 8.61. The molecule has 1 atom stereocenters. The molecule has 158 valence electrons. The van der Waals surface area contributed by atoms with Crippen LogP contribution in [0.5, 0.6) is 0 Å². The number of aryl methyl sites for hydroxylation is 1. The highest BCUT2D eigenvalue weighted by atomic mass is 16.6. The fourth-order valence-electron chi connectivity index (χ4n) is 3.40. The van der Waals surface area contributed by atoms with Gasteiger partial charge in [-0.1, -0.05) is 52.5 Å². The molecule has 0 aliphatic heterocycles. The van der Waals surface area contributed by atoms with Crippen molar-refractivity contribution in [1.82, 2.24) is 4.57 Å². The van der Waals surface area contributed by atoms with Crippen molar-refractivity contribution in [1.29, 1.82) is 0 Å². The summed E-state index contributed by atoms with van der Waals surface area (Å²) in [5.41, 5.74) is 7.59. The number of carbonyl (C=O) groups is 1. The van der Waals surface area contributed by atoms with Crippen molar-refractivity contribution < 1.29 is 14.3 Å². The Balaban J connectivity index is 1.87. The van der Waals surface area contributed by atoms with Crippen LogP contribution < -0.4 is 5.73 Å². The van der Waals surface area contributed by atoms with E-state index in [0.717, 1.165) is 22.9 Å². The number of hydrogen-bond acceptors (Lipinski definition) is 4. The van der Waals surface area contributed by atoms with Crippen LogP contribution in [0.3, 0.4) is 0 Å². The van der Waals surface area contributed by atoms with Gasteiger partial charge < -0.3 is 19.8 Å². The van der Waals surface area contributed by atoms with Crippen LogP contribution in [0.25, 0.3) is 17.0 Å². The molecule has 1 unspecified atom stereocenters. The molecule has 0 fully saturated rings. The summed E-state index contributed by atoms with van der Waals surface area (Å²) in [4.78, 5) is 12.1. The predicted molar refractivity (Wildman–Crippen MR) is 119 cm³/mol. The number of allylic oxidation sites excluding steroid dienone is 1. The van der Waals surface area contributed by atoms with Crippen molar-refractivity contribution in [2.24, 2.45) is 23.6 Å². The predicted octanol–water partition coefficient (Wildman–Crippen LogP) is 4.67. The lowest BCUT2D eigenvalue weighted by Gasteiger charge is -2.42. The van der Waals surface area contributed by atoms with Gasteiger partial charge in [0, 0.05) is 41.2 Å². The topological polar surface area (TPSA) is 66.5 Å². The van der Waals surface area contributed by atoms with E-state index >= 15 is 0 Å². The molecule has 5 heteroatoms. The summed E-state index contributed by atoms with van der Waals surface area (Å²) in [6.45, 7) is 13.7. The van der Waals surface area contributed by atoms with Gasteiger partial charge in [0.05, 0.1) is 5.76 Å². The maximum atomic E-state index is 12.1. The second-order valence-electron chi connectivity index (χ2n) is 8.61. The number of benzene rings is 1. The lowest BCUT2D eigenvalue weighted by Crippen LogP contribution is -2.37. The average molecular weight is 399 g/mol. The first kappa shape index (κ1) is 22.8. The van der Waals surface area contributed by atoms with Gasteiger partial charge >= 0.3 is 5.97 Å². The molecule has 0 saturated heterocycles.